The molecule has 0 fully saturated rings. The van der Waals surface area contributed by atoms with Gasteiger partial charge in [0.15, 0.2) is 0 Å². The average molecular weight is 340 g/mol. The molecule has 23 heavy (non-hydrogen) atoms. The molecule has 1 N–H and O–H groups in total. The number of benzene rings is 1. The van der Waals surface area contributed by atoms with E-state index in [0.29, 0.717) is 5.69 Å². The summed E-state index contributed by atoms with van der Waals surface area (Å²) < 4.78 is 25.8. The van der Waals surface area contributed by atoms with Crippen molar-refractivity contribution in [3.63, 3.8) is 0 Å². The van der Waals surface area contributed by atoms with E-state index in [0.717, 1.165) is 23.1 Å². The number of anilines is 1. The van der Waals surface area contributed by atoms with E-state index >= 15 is 0 Å². The van der Waals surface area contributed by atoms with Gasteiger partial charge in [0.25, 0.3) is 0 Å². The number of aryl methyl sites for hydroxylation is 3. The summed E-state index contributed by atoms with van der Waals surface area (Å²) in [6.45, 7) is 9.84. The molecular formula is C17H28N2O3S. The van der Waals surface area contributed by atoms with E-state index in [2.05, 4.69) is 5.32 Å². The Kier molecular flexibility index (Phi) is 6.62. The van der Waals surface area contributed by atoms with Crippen molar-refractivity contribution in [3.05, 3.63) is 28.8 Å². The first kappa shape index (κ1) is 19.5. The molecule has 130 valence electrons. The van der Waals surface area contributed by atoms with Gasteiger partial charge < -0.3 is 5.32 Å². The fourth-order valence-electron chi connectivity index (χ4n) is 2.66. The molecule has 0 aliphatic rings. The minimum atomic E-state index is -3.45. The molecule has 1 atom stereocenters. The first-order valence-corrected chi connectivity index (χ1v) is 9.76. The summed E-state index contributed by atoms with van der Waals surface area (Å²) >= 11 is 0. The molecule has 0 saturated heterocycles. The SMILES string of the molecule is CCC(C)NC(=O)CCN(c1c(C)cc(C)cc1C)S(C)(=O)=O. The smallest absolute Gasteiger partial charge is 0.232 e. The molecule has 0 spiro atoms. The number of hydrogen-bond acceptors (Lipinski definition) is 3. The van der Waals surface area contributed by atoms with Crippen molar-refractivity contribution < 1.29 is 13.2 Å². The lowest BCUT2D eigenvalue weighted by molar-refractivity contribution is -0.121. The number of rotatable bonds is 7. The molecule has 0 radical (unpaired) electrons. The third-order valence-corrected chi connectivity index (χ3v) is 5.01. The second kappa shape index (κ2) is 7.81. The zero-order valence-electron chi connectivity index (χ0n) is 14.9. The Morgan fingerprint density at radius 1 is 1.22 bits per heavy atom. The Bertz CT molecular complexity index is 645. The Morgan fingerprint density at radius 2 is 1.74 bits per heavy atom. The van der Waals surface area contributed by atoms with Gasteiger partial charge in [0.1, 0.15) is 0 Å². The quantitative estimate of drug-likeness (QED) is 0.830. The van der Waals surface area contributed by atoms with Crippen LogP contribution in [0.15, 0.2) is 12.1 Å². The Morgan fingerprint density at radius 3 is 2.17 bits per heavy atom. The fraction of sp³-hybridized carbons (Fsp3) is 0.588. The van der Waals surface area contributed by atoms with Gasteiger partial charge in [-0.1, -0.05) is 24.6 Å². The molecule has 1 aromatic carbocycles. The third kappa shape index (κ3) is 5.53. The maximum absolute atomic E-state index is 12.2. The van der Waals surface area contributed by atoms with Gasteiger partial charge in [-0.15, -0.1) is 0 Å². The first-order valence-electron chi connectivity index (χ1n) is 7.91. The van der Waals surface area contributed by atoms with Gasteiger partial charge in [-0.05, 0) is 45.2 Å². The number of nitrogens with zero attached hydrogens (tertiary/aromatic N) is 1. The minimum Gasteiger partial charge on any atom is -0.354 e. The van der Waals surface area contributed by atoms with E-state index in [-0.39, 0.29) is 24.9 Å². The second-order valence-electron chi connectivity index (χ2n) is 6.21. The zero-order valence-corrected chi connectivity index (χ0v) is 15.8. The lowest BCUT2D eigenvalue weighted by Gasteiger charge is -2.26. The summed E-state index contributed by atoms with van der Waals surface area (Å²) in [5.74, 6) is -0.129. The fourth-order valence-corrected chi connectivity index (χ4v) is 3.70. The monoisotopic (exact) mass is 340 g/mol. The molecule has 1 unspecified atom stereocenters. The molecule has 0 aromatic heterocycles. The number of carbonyl (C=O) groups excluding carboxylic acids is 1. The van der Waals surface area contributed by atoms with E-state index in [1.165, 1.54) is 10.6 Å². The number of nitrogens with one attached hydrogen (secondary N) is 1. The molecule has 6 heteroatoms. The summed E-state index contributed by atoms with van der Waals surface area (Å²) in [7, 11) is -3.45. The summed E-state index contributed by atoms with van der Waals surface area (Å²) in [4.78, 5) is 12.0. The maximum atomic E-state index is 12.2. The van der Waals surface area contributed by atoms with Crippen molar-refractivity contribution in [1.29, 1.82) is 0 Å². The van der Waals surface area contributed by atoms with Crippen LogP contribution < -0.4 is 9.62 Å². The lowest BCUT2D eigenvalue weighted by atomic mass is 10.1. The van der Waals surface area contributed by atoms with Gasteiger partial charge in [-0.25, -0.2) is 8.42 Å². The zero-order chi connectivity index (χ0) is 17.8. The number of amides is 1. The summed E-state index contributed by atoms with van der Waals surface area (Å²) in [6, 6.07) is 4.01. The third-order valence-electron chi connectivity index (χ3n) is 3.85. The summed E-state index contributed by atoms with van der Waals surface area (Å²) in [5.41, 5.74) is 3.56. The van der Waals surface area contributed by atoms with Gasteiger partial charge >= 0.3 is 0 Å². The van der Waals surface area contributed by atoms with Crippen LogP contribution in [0.5, 0.6) is 0 Å². The highest BCUT2D eigenvalue weighted by Crippen LogP contribution is 2.28. The van der Waals surface area contributed by atoms with Crippen molar-refractivity contribution in [2.75, 3.05) is 17.1 Å². The normalized spacial score (nSPS) is 12.8. The minimum absolute atomic E-state index is 0.0945. The van der Waals surface area contributed by atoms with Gasteiger partial charge in [-0.2, -0.15) is 0 Å². The van der Waals surface area contributed by atoms with Crippen LogP contribution in [0.3, 0.4) is 0 Å². The number of hydrogen-bond donors (Lipinski definition) is 1. The van der Waals surface area contributed by atoms with Crippen molar-refractivity contribution in [2.24, 2.45) is 0 Å². The van der Waals surface area contributed by atoms with Gasteiger partial charge in [-0.3, -0.25) is 9.10 Å². The van der Waals surface area contributed by atoms with Crippen LogP contribution >= 0.6 is 0 Å². The topological polar surface area (TPSA) is 66.5 Å². The van der Waals surface area contributed by atoms with Crippen LogP contribution in [-0.2, 0) is 14.8 Å². The molecule has 0 bridgehead atoms. The van der Waals surface area contributed by atoms with Gasteiger partial charge in [0, 0.05) is 19.0 Å². The van der Waals surface area contributed by atoms with E-state index < -0.39 is 10.0 Å². The largest absolute Gasteiger partial charge is 0.354 e. The highest BCUT2D eigenvalue weighted by atomic mass is 32.2. The molecule has 5 nitrogen and oxygen atoms in total. The molecule has 1 rings (SSSR count). The van der Waals surface area contributed by atoms with Crippen molar-refractivity contribution in [3.8, 4) is 0 Å². The highest BCUT2D eigenvalue weighted by molar-refractivity contribution is 7.92. The van der Waals surface area contributed by atoms with E-state index in [1.54, 1.807) is 0 Å². The summed E-state index contributed by atoms with van der Waals surface area (Å²) in [6.07, 6.45) is 2.17. The van der Waals surface area contributed by atoms with Gasteiger partial charge in [0.05, 0.1) is 11.9 Å². The van der Waals surface area contributed by atoms with Crippen molar-refractivity contribution in [1.82, 2.24) is 5.32 Å². The molecule has 0 aliphatic heterocycles. The van der Waals surface area contributed by atoms with E-state index in [1.807, 2.05) is 46.8 Å². The molecule has 0 heterocycles. The van der Waals surface area contributed by atoms with Gasteiger partial charge in [0.2, 0.25) is 15.9 Å². The number of carbonyl (C=O) groups is 1. The van der Waals surface area contributed by atoms with Crippen LogP contribution in [0.2, 0.25) is 0 Å². The molecule has 0 aliphatic carbocycles. The standard InChI is InChI=1S/C17H28N2O3S/c1-7-15(5)18-16(20)8-9-19(23(6,21)22)17-13(3)10-12(2)11-14(17)4/h10-11,15H,7-9H2,1-6H3,(H,18,20). The lowest BCUT2D eigenvalue weighted by Crippen LogP contribution is -2.37. The predicted octanol–water partition coefficient (Wildman–Crippen LogP) is 2.68. The van der Waals surface area contributed by atoms with Crippen molar-refractivity contribution >= 4 is 21.6 Å². The molecule has 0 saturated carbocycles. The Labute approximate surface area is 140 Å². The van der Waals surface area contributed by atoms with Crippen LogP contribution in [0.1, 0.15) is 43.4 Å². The van der Waals surface area contributed by atoms with Crippen LogP contribution in [0.25, 0.3) is 0 Å². The molecular weight excluding hydrogens is 312 g/mol. The van der Waals surface area contributed by atoms with Crippen LogP contribution in [0.4, 0.5) is 5.69 Å². The van der Waals surface area contributed by atoms with Crippen molar-refractivity contribution in [2.45, 2.75) is 53.5 Å². The first-order chi connectivity index (χ1) is 10.6. The number of sulfonamides is 1. The predicted molar refractivity (Wildman–Crippen MR) is 95.4 cm³/mol. The maximum Gasteiger partial charge on any atom is 0.232 e. The highest BCUT2D eigenvalue weighted by Gasteiger charge is 2.22. The van der Waals surface area contributed by atoms with E-state index in [4.69, 9.17) is 0 Å². The Balaban J connectivity index is 3.03. The molecule has 1 aromatic rings. The Hall–Kier alpha value is -1.56. The molecule has 1 amide bonds. The van der Waals surface area contributed by atoms with E-state index in [9.17, 15) is 13.2 Å². The second-order valence-corrected chi connectivity index (χ2v) is 8.12. The van der Waals surface area contributed by atoms with Crippen LogP contribution in [0, 0.1) is 20.8 Å². The average Bonchev–Trinajstić information content (AvgIpc) is 2.39. The van der Waals surface area contributed by atoms with Crippen LogP contribution in [-0.4, -0.2) is 33.2 Å². The summed E-state index contributed by atoms with van der Waals surface area (Å²) in [5, 5.41) is 2.87.